The van der Waals surface area contributed by atoms with Gasteiger partial charge in [0.25, 0.3) is 0 Å². The Bertz CT molecular complexity index is 504. The van der Waals surface area contributed by atoms with Gasteiger partial charge in [-0.05, 0) is 30.5 Å². The van der Waals surface area contributed by atoms with Gasteiger partial charge < -0.3 is 20.5 Å². The summed E-state index contributed by atoms with van der Waals surface area (Å²) in [5.74, 6) is 0. The molecule has 0 radical (unpaired) electrons. The highest BCUT2D eigenvalue weighted by atomic mass is 35.5. The number of carbonyl (C=O) groups is 1. The molecule has 0 saturated heterocycles. The van der Waals surface area contributed by atoms with E-state index in [1.807, 2.05) is 12.1 Å². The van der Waals surface area contributed by atoms with Crippen LogP contribution in [-0.4, -0.2) is 37.0 Å². The third-order valence-electron chi connectivity index (χ3n) is 4.00. The van der Waals surface area contributed by atoms with Gasteiger partial charge in [0.2, 0.25) is 0 Å². The summed E-state index contributed by atoms with van der Waals surface area (Å²) < 4.78 is 5.16. The highest BCUT2D eigenvalue weighted by Crippen LogP contribution is 2.28. The van der Waals surface area contributed by atoms with Crippen molar-refractivity contribution in [1.29, 1.82) is 0 Å². The van der Waals surface area contributed by atoms with Crippen molar-refractivity contribution in [3.05, 3.63) is 34.9 Å². The lowest BCUT2D eigenvalue weighted by Gasteiger charge is -2.24. The highest BCUT2D eigenvalue weighted by molar-refractivity contribution is 6.30. The van der Waals surface area contributed by atoms with Crippen molar-refractivity contribution < 1.29 is 14.6 Å². The van der Waals surface area contributed by atoms with Crippen LogP contribution in [0.2, 0.25) is 5.02 Å². The van der Waals surface area contributed by atoms with E-state index in [0.717, 1.165) is 31.2 Å². The lowest BCUT2D eigenvalue weighted by molar-refractivity contribution is 0.0498. The fraction of sp³-hybridized carbons (Fsp3) is 0.562. The van der Waals surface area contributed by atoms with Crippen molar-refractivity contribution in [3.63, 3.8) is 0 Å². The summed E-state index contributed by atoms with van der Waals surface area (Å²) in [5, 5.41) is 16.5. The minimum Gasteiger partial charge on any atom is -0.388 e. The molecule has 1 aromatic carbocycles. The number of nitrogens with one attached hydrogen (secondary N) is 2. The number of methoxy groups -OCH3 is 1. The second-order valence-electron chi connectivity index (χ2n) is 5.82. The number of aliphatic hydroxyl groups is 1. The predicted molar refractivity (Wildman–Crippen MR) is 86.0 cm³/mol. The molecule has 0 aliphatic heterocycles. The van der Waals surface area contributed by atoms with Gasteiger partial charge in [-0.15, -0.1) is 0 Å². The first-order chi connectivity index (χ1) is 10.5. The van der Waals surface area contributed by atoms with E-state index in [1.165, 1.54) is 0 Å². The average Bonchev–Trinajstić information content (AvgIpc) is 2.92. The number of hydrogen-bond acceptors (Lipinski definition) is 3. The molecule has 1 atom stereocenters. The van der Waals surface area contributed by atoms with Crippen LogP contribution >= 0.6 is 11.6 Å². The van der Waals surface area contributed by atoms with Gasteiger partial charge in [-0.25, -0.2) is 4.79 Å². The fourth-order valence-electron chi connectivity index (χ4n) is 2.78. The molecule has 2 rings (SSSR count). The van der Waals surface area contributed by atoms with E-state index < -0.39 is 5.60 Å². The summed E-state index contributed by atoms with van der Waals surface area (Å²) in [7, 11) is 1.58. The Balaban J connectivity index is 1.91. The zero-order chi connectivity index (χ0) is 16.0. The summed E-state index contributed by atoms with van der Waals surface area (Å²) in [6.07, 6.45) is 3.50. The zero-order valence-corrected chi connectivity index (χ0v) is 13.5. The normalized spacial score (nSPS) is 18.0. The molecule has 1 saturated carbocycles. The number of ether oxygens (including phenoxy) is 1. The molecule has 0 aromatic heterocycles. The van der Waals surface area contributed by atoms with E-state index in [4.69, 9.17) is 16.3 Å². The number of urea groups is 1. The fourth-order valence-corrected chi connectivity index (χ4v) is 2.97. The molecule has 0 bridgehead atoms. The number of amides is 2. The Morgan fingerprint density at radius 2 is 2.18 bits per heavy atom. The van der Waals surface area contributed by atoms with Crippen LogP contribution in [0.25, 0.3) is 0 Å². The maximum atomic E-state index is 12.1. The number of benzene rings is 1. The van der Waals surface area contributed by atoms with Crippen LogP contribution in [0, 0.1) is 0 Å². The molecular formula is C16H23ClN2O3. The monoisotopic (exact) mass is 326 g/mol. The summed E-state index contributed by atoms with van der Waals surface area (Å²) in [5.41, 5.74) is 0.119. The summed E-state index contributed by atoms with van der Waals surface area (Å²) >= 11 is 5.99. The van der Waals surface area contributed by atoms with Crippen LogP contribution in [0.1, 0.15) is 37.3 Å². The van der Waals surface area contributed by atoms with Crippen LogP contribution < -0.4 is 10.6 Å². The Labute approximate surface area is 136 Å². The van der Waals surface area contributed by atoms with Crippen molar-refractivity contribution in [3.8, 4) is 0 Å². The van der Waals surface area contributed by atoms with Crippen LogP contribution in [-0.2, 0) is 4.74 Å². The van der Waals surface area contributed by atoms with Crippen LogP contribution in [0.15, 0.2) is 24.3 Å². The molecule has 2 amide bonds. The molecule has 1 aromatic rings. The third kappa shape index (κ3) is 4.87. The maximum absolute atomic E-state index is 12.1. The Morgan fingerprint density at radius 3 is 2.82 bits per heavy atom. The second-order valence-corrected chi connectivity index (χ2v) is 6.26. The van der Waals surface area contributed by atoms with Crippen LogP contribution in [0.4, 0.5) is 4.79 Å². The predicted octanol–water partition coefficient (Wildman–Crippen LogP) is 2.63. The first kappa shape index (κ1) is 17.1. The van der Waals surface area contributed by atoms with E-state index in [0.29, 0.717) is 11.6 Å². The molecule has 5 nitrogen and oxygen atoms in total. The molecule has 0 spiro atoms. The molecule has 6 heteroatoms. The van der Waals surface area contributed by atoms with Crippen molar-refractivity contribution in [2.75, 3.05) is 20.3 Å². The molecule has 1 unspecified atom stereocenters. The number of carbonyl (C=O) groups excluding carboxylic acids is 1. The van der Waals surface area contributed by atoms with E-state index in [9.17, 15) is 9.90 Å². The molecule has 0 heterocycles. The molecule has 1 fully saturated rings. The zero-order valence-electron chi connectivity index (χ0n) is 12.8. The van der Waals surface area contributed by atoms with Gasteiger partial charge in [0, 0.05) is 18.7 Å². The molecule has 22 heavy (non-hydrogen) atoms. The van der Waals surface area contributed by atoms with Crippen molar-refractivity contribution in [2.45, 2.75) is 37.3 Å². The first-order valence-corrected chi connectivity index (χ1v) is 7.91. The van der Waals surface area contributed by atoms with Crippen molar-refractivity contribution in [1.82, 2.24) is 10.6 Å². The molecule has 1 aliphatic carbocycles. The van der Waals surface area contributed by atoms with Crippen molar-refractivity contribution >= 4 is 17.6 Å². The maximum Gasteiger partial charge on any atom is 0.315 e. The average molecular weight is 327 g/mol. The molecule has 3 N–H and O–H groups in total. The topological polar surface area (TPSA) is 70.6 Å². The van der Waals surface area contributed by atoms with Gasteiger partial charge in [-0.2, -0.15) is 0 Å². The summed E-state index contributed by atoms with van der Waals surface area (Å²) in [6, 6.07) is 6.70. The largest absolute Gasteiger partial charge is 0.388 e. The lowest BCUT2D eigenvalue weighted by atomic mass is 10.0. The Morgan fingerprint density at radius 1 is 1.45 bits per heavy atom. The lowest BCUT2D eigenvalue weighted by Crippen LogP contribution is -2.46. The number of hydrogen-bond donors (Lipinski definition) is 3. The summed E-state index contributed by atoms with van der Waals surface area (Å²) in [4.78, 5) is 12.1. The van der Waals surface area contributed by atoms with Crippen LogP contribution in [0.3, 0.4) is 0 Å². The first-order valence-electron chi connectivity index (χ1n) is 7.53. The number of halogens is 1. The van der Waals surface area contributed by atoms with Gasteiger partial charge >= 0.3 is 6.03 Å². The Kier molecular flexibility index (Phi) is 6.06. The molecular weight excluding hydrogens is 304 g/mol. The van der Waals surface area contributed by atoms with E-state index in [-0.39, 0.29) is 18.6 Å². The number of rotatable bonds is 6. The minimum absolute atomic E-state index is 0.272. The smallest absolute Gasteiger partial charge is 0.315 e. The van der Waals surface area contributed by atoms with E-state index in [2.05, 4.69) is 10.6 Å². The standard InChI is InChI=1S/C16H23ClN2O3/c1-22-10-14(12-5-4-6-13(17)9-12)19-15(20)18-11-16(21)7-2-3-8-16/h4-6,9,14,21H,2-3,7-8,10-11H2,1H3,(H2,18,19,20). The van der Waals surface area contributed by atoms with Crippen molar-refractivity contribution in [2.24, 2.45) is 0 Å². The molecule has 1 aliphatic rings. The second kappa shape index (κ2) is 7.81. The summed E-state index contributed by atoms with van der Waals surface area (Å²) in [6.45, 7) is 0.617. The van der Waals surface area contributed by atoms with Gasteiger partial charge in [0.15, 0.2) is 0 Å². The van der Waals surface area contributed by atoms with Gasteiger partial charge in [-0.1, -0.05) is 36.6 Å². The van der Waals surface area contributed by atoms with E-state index in [1.54, 1.807) is 19.2 Å². The molecule has 122 valence electrons. The SMILES string of the molecule is COCC(NC(=O)NCC1(O)CCCC1)c1cccc(Cl)c1. The third-order valence-corrected chi connectivity index (χ3v) is 4.24. The van der Waals surface area contributed by atoms with Crippen LogP contribution in [0.5, 0.6) is 0 Å². The minimum atomic E-state index is -0.760. The quantitative estimate of drug-likeness (QED) is 0.752. The Hall–Kier alpha value is -1.30. The van der Waals surface area contributed by atoms with E-state index >= 15 is 0 Å². The van der Waals surface area contributed by atoms with Gasteiger partial charge in [-0.3, -0.25) is 0 Å². The highest BCUT2D eigenvalue weighted by Gasteiger charge is 2.31. The van der Waals surface area contributed by atoms with Gasteiger partial charge in [0.05, 0.1) is 18.2 Å². The van der Waals surface area contributed by atoms with Gasteiger partial charge in [0.1, 0.15) is 0 Å².